The summed E-state index contributed by atoms with van der Waals surface area (Å²) in [4.78, 5) is 25.7. The quantitative estimate of drug-likeness (QED) is 0.238. The Labute approximate surface area is 242 Å². The van der Waals surface area contributed by atoms with Crippen LogP contribution in [-0.2, 0) is 9.36 Å². The molecule has 1 unspecified atom stereocenters. The Morgan fingerprint density at radius 1 is 1.23 bits per heavy atom. The number of amidine groups is 1. The summed E-state index contributed by atoms with van der Waals surface area (Å²) in [5, 5.41) is 0.931. The van der Waals surface area contributed by atoms with Crippen LogP contribution in [0.5, 0.6) is 0 Å². The molecule has 0 bridgehead atoms. The lowest BCUT2D eigenvalue weighted by Crippen LogP contribution is -2.59. The van der Waals surface area contributed by atoms with Gasteiger partial charge in [0.05, 0.1) is 27.5 Å². The second-order valence-corrected chi connectivity index (χ2v) is 14.0. The number of halogens is 2. The van der Waals surface area contributed by atoms with Crippen molar-refractivity contribution in [2.75, 3.05) is 24.4 Å². The molecule has 2 aliphatic rings. The molecule has 2 aromatic heterocycles. The second kappa shape index (κ2) is 10.7. The fourth-order valence-electron chi connectivity index (χ4n) is 5.22. The summed E-state index contributed by atoms with van der Waals surface area (Å²) in [6.07, 6.45) is 1.32. The van der Waals surface area contributed by atoms with Crippen molar-refractivity contribution in [2.24, 2.45) is 4.76 Å². The van der Waals surface area contributed by atoms with Gasteiger partial charge in [-0.2, -0.15) is 4.76 Å². The van der Waals surface area contributed by atoms with E-state index in [-0.39, 0.29) is 40.2 Å². The molecule has 2 aliphatic heterocycles. The molecule has 5 rings (SSSR count). The second-order valence-electron chi connectivity index (χ2n) is 10.5. The minimum absolute atomic E-state index is 0.0600. The van der Waals surface area contributed by atoms with Gasteiger partial charge in [-0.1, -0.05) is 44.2 Å². The van der Waals surface area contributed by atoms with E-state index in [4.69, 9.17) is 21.3 Å². The molecule has 0 radical (unpaired) electrons. The molecule has 3 atom stereocenters. The largest absolute Gasteiger partial charge is 0.349 e. The number of anilines is 2. The average molecular weight is 601 g/mol. The monoisotopic (exact) mass is 600 g/mol. The van der Waals surface area contributed by atoms with Crippen LogP contribution in [-0.4, -0.2) is 63.3 Å². The van der Waals surface area contributed by atoms with Crippen molar-refractivity contribution in [3.05, 3.63) is 70.6 Å². The Morgan fingerprint density at radius 2 is 1.95 bits per heavy atom. The summed E-state index contributed by atoms with van der Waals surface area (Å²) in [6, 6.07) is 7.75. The Morgan fingerprint density at radius 3 is 2.62 bits per heavy atom. The van der Waals surface area contributed by atoms with E-state index in [1.165, 1.54) is 23.5 Å². The molecule has 0 spiro atoms. The Balaban J connectivity index is 1.72. The first-order valence-electron chi connectivity index (χ1n) is 13.0. The van der Waals surface area contributed by atoms with Crippen LogP contribution in [0.2, 0.25) is 5.02 Å². The van der Waals surface area contributed by atoms with Gasteiger partial charge in [-0.25, -0.2) is 19.0 Å². The fraction of sp³-hybridized carbons (Fsp3) is 0.357. The van der Waals surface area contributed by atoms with Gasteiger partial charge < -0.3 is 9.80 Å². The number of carbonyl (C=O) groups is 1. The van der Waals surface area contributed by atoms with E-state index in [0.29, 0.717) is 35.3 Å². The first-order chi connectivity index (χ1) is 18.9. The van der Waals surface area contributed by atoms with Crippen molar-refractivity contribution in [2.45, 2.75) is 45.7 Å². The van der Waals surface area contributed by atoms with Crippen LogP contribution in [0.4, 0.5) is 15.2 Å². The number of pyridine rings is 1. The molecule has 4 heterocycles. The van der Waals surface area contributed by atoms with Gasteiger partial charge in [0.15, 0.2) is 5.82 Å². The van der Waals surface area contributed by atoms with Gasteiger partial charge in [0.2, 0.25) is 5.91 Å². The van der Waals surface area contributed by atoms with Crippen LogP contribution in [0.3, 0.4) is 0 Å². The molecule has 8 nitrogen and oxygen atoms in total. The topological polar surface area (TPSA) is 82.0 Å². The molecular weight excluding hydrogens is 570 g/mol. The highest BCUT2D eigenvalue weighted by atomic mass is 35.5. The van der Waals surface area contributed by atoms with Gasteiger partial charge in [-0.05, 0) is 44.0 Å². The average Bonchev–Trinajstić information content (AvgIpc) is 3.38. The molecule has 0 aliphatic carbocycles. The van der Waals surface area contributed by atoms with Gasteiger partial charge in [-0.3, -0.25) is 9.36 Å². The molecule has 1 fully saturated rings. The van der Waals surface area contributed by atoms with Gasteiger partial charge in [0.1, 0.15) is 16.7 Å². The minimum atomic E-state index is -3.48. The van der Waals surface area contributed by atoms with Crippen molar-refractivity contribution in [3.63, 3.8) is 0 Å². The molecule has 0 N–H and O–H groups in total. The summed E-state index contributed by atoms with van der Waals surface area (Å²) in [7, 11) is -3.48. The lowest BCUT2D eigenvalue weighted by atomic mass is 10.0. The summed E-state index contributed by atoms with van der Waals surface area (Å²) >= 11 is 8.14. The maximum Gasteiger partial charge on any atom is 0.286 e. The van der Waals surface area contributed by atoms with E-state index in [1.54, 1.807) is 46.0 Å². The number of carbonyl (C=O) groups excluding carboxylic acids is 1. The molecule has 40 heavy (non-hydrogen) atoms. The maximum atomic E-state index is 14.9. The predicted octanol–water partition coefficient (Wildman–Crippen LogP) is 6.95. The third kappa shape index (κ3) is 4.86. The summed E-state index contributed by atoms with van der Waals surface area (Å²) in [6.45, 7) is 14.1. The van der Waals surface area contributed by atoms with Crippen molar-refractivity contribution in [3.8, 4) is 11.3 Å². The van der Waals surface area contributed by atoms with Gasteiger partial charge in [0, 0.05) is 37.4 Å². The standard InChI is InChI=1S/C28H31ClFN6O2PS/c1-7-23(37)34-13-18(5)35(14-17(34)4)27-20-12-21(29)25(19-10-8-9-11-22(19)30)32-26(20)36(39(6,38)33-27)28-24(16(2)3)31-15-40-28/h7-12,15-18H,1,13-14H2,2-6H3/t17-,18+,39?/m1/s1. The SMILES string of the molecule is C=CC(=O)N1C[C@H](C)N(C2=NP(C)(=O)N(c3scnc3C(C)C)c3nc(-c4ccccc4F)c(Cl)cc32)C[C@H]1C. The van der Waals surface area contributed by atoms with E-state index < -0.39 is 13.3 Å². The predicted molar refractivity (Wildman–Crippen MR) is 161 cm³/mol. The van der Waals surface area contributed by atoms with Gasteiger partial charge in [-0.15, -0.1) is 11.3 Å². The Bertz CT molecular complexity index is 1580. The number of rotatable bonds is 4. The molecule has 1 aromatic carbocycles. The lowest BCUT2D eigenvalue weighted by Gasteiger charge is -2.46. The van der Waals surface area contributed by atoms with Crippen molar-refractivity contribution < 1.29 is 13.8 Å². The molecule has 1 saturated heterocycles. The zero-order valence-corrected chi connectivity index (χ0v) is 25.5. The van der Waals surface area contributed by atoms with E-state index >= 15 is 0 Å². The normalized spacial score (nSPS) is 22.8. The van der Waals surface area contributed by atoms with Crippen LogP contribution in [0.1, 0.15) is 44.9 Å². The number of nitrogens with zero attached hydrogens (tertiary/aromatic N) is 6. The van der Waals surface area contributed by atoms with Gasteiger partial charge >= 0.3 is 0 Å². The number of fused-ring (bicyclic) bond motifs is 1. The summed E-state index contributed by atoms with van der Waals surface area (Å²) in [5.74, 6) is 0.341. The van der Waals surface area contributed by atoms with Gasteiger partial charge in [0.25, 0.3) is 7.44 Å². The molecular formula is C28H31ClFN6O2PS. The van der Waals surface area contributed by atoms with Crippen LogP contribution in [0, 0.1) is 5.82 Å². The van der Waals surface area contributed by atoms with Crippen molar-refractivity contribution in [1.82, 2.24) is 19.8 Å². The summed E-state index contributed by atoms with van der Waals surface area (Å²) < 4.78 is 36.0. The third-order valence-corrected chi connectivity index (χ3v) is 10.1. The third-order valence-electron chi connectivity index (χ3n) is 7.21. The van der Waals surface area contributed by atoms with Crippen molar-refractivity contribution >= 4 is 52.9 Å². The Kier molecular flexibility index (Phi) is 7.63. The first-order valence-corrected chi connectivity index (χ1v) is 16.3. The first kappa shape index (κ1) is 28.5. The van der Waals surface area contributed by atoms with Crippen molar-refractivity contribution in [1.29, 1.82) is 0 Å². The number of aromatic nitrogens is 2. The van der Waals surface area contributed by atoms with E-state index in [2.05, 4.69) is 16.5 Å². The maximum absolute atomic E-state index is 14.9. The fourth-order valence-corrected chi connectivity index (χ4v) is 8.54. The van der Waals surface area contributed by atoms with Crippen LogP contribution < -0.4 is 4.67 Å². The molecule has 210 valence electrons. The van der Waals surface area contributed by atoms with Crippen LogP contribution in [0.15, 0.2) is 53.3 Å². The van der Waals surface area contributed by atoms with E-state index in [0.717, 1.165) is 5.69 Å². The number of piperazine rings is 1. The van der Waals surface area contributed by atoms with Crippen LogP contribution >= 0.6 is 30.4 Å². The number of hydrogen-bond acceptors (Lipinski definition) is 6. The van der Waals surface area contributed by atoms with Crippen LogP contribution in [0.25, 0.3) is 11.3 Å². The summed E-state index contributed by atoms with van der Waals surface area (Å²) in [5.41, 5.74) is 3.58. The number of amides is 1. The number of thiazole rings is 1. The highest BCUT2D eigenvalue weighted by Crippen LogP contribution is 2.60. The highest BCUT2D eigenvalue weighted by Gasteiger charge is 2.43. The number of benzene rings is 1. The molecule has 1 amide bonds. The zero-order chi connectivity index (χ0) is 28.9. The number of hydrogen-bond donors (Lipinski definition) is 0. The smallest absolute Gasteiger partial charge is 0.286 e. The Hall–Kier alpha value is -3.07. The van der Waals surface area contributed by atoms with E-state index in [9.17, 15) is 13.8 Å². The molecule has 0 saturated carbocycles. The molecule has 12 heteroatoms. The molecule has 3 aromatic rings. The minimum Gasteiger partial charge on any atom is -0.349 e. The van der Waals surface area contributed by atoms with E-state index in [1.807, 2.05) is 27.7 Å². The highest BCUT2D eigenvalue weighted by molar-refractivity contribution is 7.64. The zero-order valence-electron chi connectivity index (χ0n) is 23.0. The lowest BCUT2D eigenvalue weighted by molar-refractivity contribution is -0.130.